The van der Waals surface area contributed by atoms with Gasteiger partial charge in [-0.3, -0.25) is 9.89 Å². The number of piperazine rings is 1. The van der Waals surface area contributed by atoms with Crippen molar-refractivity contribution in [2.75, 3.05) is 46.3 Å². The predicted molar refractivity (Wildman–Crippen MR) is 134 cm³/mol. The number of amides is 1. The largest absolute Gasteiger partial charge is 0.444 e. The summed E-state index contributed by atoms with van der Waals surface area (Å²) in [5.41, 5.74) is 0.795. The lowest BCUT2D eigenvalue weighted by Crippen LogP contribution is -2.50. The molecular formula is C22H38IN5O2. The molecule has 2 rings (SSSR count). The Hall–Kier alpha value is -1.55. The maximum atomic E-state index is 12.1. The number of hydrogen-bond donors (Lipinski definition) is 2. The van der Waals surface area contributed by atoms with Crippen LogP contribution in [-0.4, -0.2) is 73.8 Å². The Morgan fingerprint density at radius 2 is 1.80 bits per heavy atom. The fourth-order valence-corrected chi connectivity index (χ4v) is 3.21. The predicted octanol–water partition coefficient (Wildman–Crippen LogP) is 3.47. The lowest BCUT2D eigenvalue weighted by Gasteiger charge is -2.35. The normalized spacial score (nSPS) is 16.4. The Morgan fingerprint density at radius 1 is 1.17 bits per heavy atom. The first-order valence-electron chi connectivity index (χ1n) is 10.5. The maximum Gasteiger partial charge on any atom is 0.410 e. The standard InChI is InChI=1S/C22H37N5O2.HI/c1-18(19-10-7-6-8-11-19)25-20(23-5)24-12-9-13-26-14-16-27(17-15-26)21(28)29-22(2,3)4;/h6-8,10-11,18H,9,12-17H2,1-5H3,(H2,23,24,25);1H. The van der Waals surface area contributed by atoms with E-state index in [9.17, 15) is 4.79 Å². The average molecular weight is 531 g/mol. The summed E-state index contributed by atoms with van der Waals surface area (Å²) >= 11 is 0. The molecule has 0 aliphatic carbocycles. The smallest absolute Gasteiger partial charge is 0.410 e. The van der Waals surface area contributed by atoms with Crippen LogP contribution in [0.5, 0.6) is 0 Å². The second kappa shape index (κ2) is 13.0. The van der Waals surface area contributed by atoms with Gasteiger partial charge in [-0.2, -0.15) is 0 Å². The summed E-state index contributed by atoms with van der Waals surface area (Å²) < 4.78 is 5.45. The Bertz CT molecular complexity index is 655. The molecule has 1 saturated heterocycles. The third-order valence-electron chi connectivity index (χ3n) is 4.84. The lowest BCUT2D eigenvalue weighted by molar-refractivity contribution is 0.0145. The Kier molecular flexibility index (Phi) is 11.5. The second-order valence-electron chi connectivity index (χ2n) is 8.44. The van der Waals surface area contributed by atoms with Gasteiger partial charge < -0.3 is 20.3 Å². The van der Waals surface area contributed by atoms with Crippen molar-refractivity contribution in [2.45, 2.75) is 45.8 Å². The van der Waals surface area contributed by atoms with Crippen molar-refractivity contribution in [1.29, 1.82) is 0 Å². The topological polar surface area (TPSA) is 69.2 Å². The van der Waals surface area contributed by atoms with E-state index in [1.54, 1.807) is 11.9 Å². The SMILES string of the molecule is CN=C(NCCCN1CCN(C(=O)OC(C)(C)C)CC1)NC(C)c1ccccc1.I. The zero-order chi connectivity index (χ0) is 21.3. The molecule has 0 spiro atoms. The summed E-state index contributed by atoms with van der Waals surface area (Å²) in [7, 11) is 1.79. The molecule has 1 amide bonds. The van der Waals surface area contributed by atoms with Crippen molar-refractivity contribution >= 4 is 36.0 Å². The molecule has 1 aliphatic heterocycles. The van der Waals surface area contributed by atoms with E-state index in [0.717, 1.165) is 51.6 Å². The number of nitrogens with zero attached hydrogens (tertiary/aromatic N) is 3. The lowest BCUT2D eigenvalue weighted by atomic mass is 10.1. The molecule has 30 heavy (non-hydrogen) atoms. The van der Waals surface area contributed by atoms with E-state index >= 15 is 0 Å². The second-order valence-corrected chi connectivity index (χ2v) is 8.44. The fraction of sp³-hybridized carbons (Fsp3) is 0.636. The number of carbonyl (C=O) groups is 1. The van der Waals surface area contributed by atoms with Crippen LogP contribution in [0, 0.1) is 0 Å². The van der Waals surface area contributed by atoms with Crippen molar-refractivity contribution in [3.63, 3.8) is 0 Å². The number of ether oxygens (including phenoxy) is 1. The molecular weight excluding hydrogens is 493 g/mol. The molecule has 1 aromatic carbocycles. The van der Waals surface area contributed by atoms with Gasteiger partial charge in [-0.25, -0.2) is 4.79 Å². The van der Waals surface area contributed by atoms with E-state index in [1.165, 1.54) is 5.56 Å². The van der Waals surface area contributed by atoms with Crippen LogP contribution in [0.25, 0.3) is 0 Å². The van der Waals surface area contributed by atoms with Gasteiger partial charge in [0.05, 0.1) is 6.04 Å². The molecule has 8 heteroatoms. The third-order valence-corrected chi connectivity index (χ3v) is 4.84. The summed E-state index contributed by atoms with van der Waals surface area (Å²) in [5, 5.41) is 6.82. The summed E-state index contributed by atoms with van der Waals surface area (Å²) in [6.07, 6.45) is 0.813. The minimum Gasteiger partial charge on any atom is -0.444 e. The van der Waals surface area contributed by atoms with E-state index in [0.29, 0.717) is 0 Å². The number of aliphatic imine (C=N–C) groups is 1. The van der Waals surface area contributed by atoms with E-state index in [2.05, 4.69) is 39.6 Å². The van der Waals surface area contributed by atoms with E-state index in [1.807, 2.05) is 39.0 Å². The summed E-state index contributed by atoms with van der Waals surface area (Å²) in [4.78, 5) is 20.6. The molecule has 7 nitrogen and oxygen atoms in total. The van der Waals surface area contributed by atoms with Crippen LogP contribution in [0.2, 0.25) is 0 Å². The summed E-state index contributed by atoms with van der Waals surface area (Å²) in [5.74, 6) is 0.816. The zero-order valence-corrected chi connectivity index (χ0v) is 21.3. The van der Waals surface area contributed by atoms with E-state index < -0.39 is 5.60 Å². The minimum absolute atomic E-state index is 0. The number of benzene rings is 1. The molecule has 2 N–H and O–H groups in total. The van der Waals surface area contributed by atoms with E-state index in [-0.39, 0.29) is 36.1 Å². The van der Waals surface area contributed by atoms with Gasteiger partial charge in [0.2, 0.25) is 0 Å². The van der Waals surface area contributed by atoms with Gasteiger partial charge in [-0.15, -0.1) is 24.0 Å². The minimum atomic E-state index is -0.440. The molecule has 1 unspecified atom stereocenters. The number of hydrogen-bond acceptors (Lipinski definition) is 4. The van der Waals surface area contributed by atoms with Gasteiger partial charge in [0.25, 0.3) is 0 Å². The molecule has 0 radical (unpaired) electrons. The molecule has 1 aromatic rings. The molecule has 1 aliphatic rings. The monoisotopic (exact) mass is 531 g/mol. The zero-order valence-electron chi connectivity index (χ0n) is 19.0. The Morgan fingerprint density at radius 3 is 2.37 bits per heavy atom. The third kappa shape index (κ3) is 9.51. The number of rotatable bonds is 6. The van der Waals surface area contributed by atoms with Crippen LogP contribution in [0.15, 0.2) is 35.3 Å². The highest BCUT2D eigenvalue weighted by Gasteiger charge is 2.25. The van der Waals surface area contributed by atoms with Crippen molar-refractivity contribution in [1.82, 2.24) is 20.4 Å². The molecule has 170 valence electrons. The molecule has 1 heterocycles. The highest BCUT2D eigenvalue weighted by atomic mass is 127. The maximum absolute atomic E-state index is 12.1. The van der Waals surface area contributed by atoms with Crippen LogP contribution in [0.4, 0.5) is 4.79 Å². The van der Waals surface area contributed by atoms with Gasteiger partial charge in [-0.05, 0) is 46.2 Å². The summed E-state index contributed by atoms with van der Waals surface area (Å²) in [6, 6.07) is 10.5. The number of nitrogens with one attached hydrogen (secondary N) is 2. The quantitative estimate of drug-likeness (QED) is 0.255. The van der Waals surface area contributed by atoms with Crippen LogP contribution in [0.3, 0.4) is 0 Å². The summed E-state index contributed by atoms with van der Waals surface area (Å²) in [6.45, 7) is 12.9. The molecule has 0 bridgehead atoms. The number of guanidine groups is 1. The Labute approximate surface area is 198 Å². The fourth-order valence-electron chi connectivity index (χ4n) is 3.21. The van der Waals surface area contributed by atoms with Crippen molar-refractivity contribution in [2.24, 2.45) is 4.99 Å². The van der Waals surface area contributed by atoms with Crippen LogP contribution in [-0.2, 0) is 4.74 Å². The van der Waals surface area contributed by atoms with Crippen LogP contribution < -0.4 is 10.6 Å². The van der Waals surface area contributed by atoms with Crippen molar-refractivity contribution < 1.29 is 9.53 Å². The average Bonchev–Trinajstić information content (AvgIpc) is 2.70. The molecule has 0 saturated carbocycles. The highest BCUT2D eigenvalue weighted by Crippen LogP contribution is 2.12. The van der Waals surface area contributed by atoms with E-state index in [4.69, 9.17) is 4.74 Å². The highest BCUT2D eigenvalue weighted by molar-refractivity contribution is 14.0. The van der Waals surface area contributed by atoms with Gasteiger partial charge in [0.1, 0.15) is 5.60 Å². The molecule has 1 fully saturated rings. The van der Waals surface area contributed by atoms with Crippen molar-refractivity contribution in [3.05, 3.63) is 35.9 Å². The van der Waals surface area contributed by atoms with Crippen LogP contribution >= 0.6 is 24.0 Å². The van der Waals surface area contributed by atoms with Gasteiger partial charge in [0.15, 0.2) is 5.96 Å². The van der Waals surface area contributed by atoms with Crippen molar-refractivity contribution in [3.8, 4) is 0 Å². The molecule has 0 aromatic heterocycles. The molecule has 1 atom stereocenters. The van der Waals surface area contributed by atoms with Gasteiger partial charge in [-0.1, -0.05) is 30.3 Å². The first-order chi connectivity index (χ1) is 13.8. The van der Waals surface area contributed by atoms with Crippen LogP contribution in [0.1, 0.15) is 45.7 Å². The first kappa shape index (κ1) is 26.5. The van der Waals surface area contributed by atoms with Gasteiger partial charge in [0, 0.05) is 39.8 Å². The Balaban J connectivity index is 0.00000450. The number of carbonyl (C=O) groups excluding carboxylic acids is 1. The van der Waals surface area contributed by atoms with Gasteiger partial charge >= 0.3 is 6.09 Å². The first-order valence-corrected chi connectivity index (χ1v) is 10.5. The number of halogens is 1.